The van der Waals surface area contributed by atoms with Gasteiger partial charge >= 0.3 is 0 Å². The van der Waals surface area contributed by atoms with Crippen LogP contribution in [-0.4, -0.2) is 33.1 Å². The van der Waals surface area contributed by atoms with E-state index in [1.165, 1.54) is 11.3 Å². The van der Waals surface area contributed by atoms with Crippen LogP contribution in [0.2, 0.25) is 0 Å². The monoisotopic (exact) mass is 272 g/mol. The Morgan fingerprint density at radius 1 is 1.65 bits per heavy atom. The molecule has 94 valence electrons. The summed E-state index contributed by atoms with van der Waals surface area (Å²) in [5, 5.41) is 15.3. The van der Waals surface area contributed by atoms with Gasteiger partial charge in [0.05, 0.1) is 5.69 Å². The highest BCUT2D eigenvalue weighted by atomic mass is 32.2. The largest absolute Gasteiger partial charge is 0.379 e. The molecule has 6 heteroatoms. The molecule has 1 saturated heterocycles. The average molecular weight is 272 g/mol. The number of rotatable bonds is 3. The molecular weight excluding hydrogens is 256 g/mol. The van der Waals surface area contributed by atoms with Crippen LogP contribution in [0.3, 0.4) is 0 Å². The standard InChI is InChI=1S/C11H16N2O2S2/c1-7(2)8-5-17-10(12-8)13-9(14)11(15)3-4-16-6-11/h5,7,15H,3-4,6H2,1-2H3,(H,12,13,14). The fourth-order valence-electron chi connectivity index (χ4n) is 1.56. The summed E-state index contributed by atoms with van der Waals surface area (Å²) in [5.41, 5.74) is -0.244. The smallest absolute Gasteiger partial charge is 0.259 e. The van der Waals surface area contributed by atoms with E-state index in [2.05, 4.69) is 24.1 Å². The number of anilines is 1. The highest BCUT2D eigenvalue weighted by Gasteiger charge is 2.39. The van der Waals surface area contributed by atoms with Crippen molar-refractivity contribution in [2.45, 2.75) is 31.8 Å². The number of amides is 1. The van der Waals surface area contributed by atoms with Crippen molar-refractivity contribution in [2.75, 3.05) is 16.8 Å². The Hall–Kier alpha value is -0.590. The van der Waals surface area contributed by atoms with Crippen LogP contribution in [0.15, 0.2) is 5.38 Å². The maximum Gasteiger partial charge on any atom is 0.259 e. The van der Waals surface area contributed by atoms with Gasteiger partial charge in [-0.1, -0.05) is 13.8 Å². The van der Waals surface area contributed by atoms with Crippen molar-refractivity contribution >= 4 is 34.1 Å². The van der Waals surface area contributed by atoms with E-state index < -0.39 is 5.60 Å². The maximum atomic E-state index is 11.9. The molecule has 0 bridgehead atoms. The van der Waals surface area contributed by atoms with Crippen molar-refractivity contribution in [1.82, 2.24) is 4.98 Å². The molecule has 2 N–H and O–H groups in total. The molecule has 0 spiro atoms. The highest BCUT2D eigenvalue weighted by molar-refractivity contribution is 7.99. The second-order valence-electron chi connectivity index (χ2n) is 4.52. The van der Waals surface area contributed by atoms with Gasteiger partial charge in [-0.15, -0.1) is 11.3 Å². The summed E-state index contributed by atoms with van der Waals surface area (Å²) in [4.78, 5) is 16.2. The van der Waals surface area contributed by atoms with Crippen molar-refractivity contribution in [2.24, 2.45) is 0 Å². The van der Waals surface area contributed by atoms with Gasteiger partial charge in [0.2, 0.25) is 0 Å². The van der Waals surface area contributed by atoms with Crippen LogP contribution < -0.4 is 5.32 Å². The lowest BCUT2D eigenvalue weighted by Gasteiger charge is -2.18. The molecule has 2 heterocycles. The van der Waals surface area contributed by atoms with E-state index in [-0.39, 0.29) is 5.91 Å². The number of thiazole rings is 1. The SMILES string of the molecule is CC(C)c1csc(NC(=O)C2(O)CCSC2)n1. The second-order valence-corrected chi connectivity index (χ2v) is 6.48. The minimum absolute atomic E-state index is 0.327. The third-order valence-electron chi connectivity index (χ3n) is 2.76. The van der Waals surface area contributed by atoms with E-state index in [9.17, 15) is 9.90 Å². The Bertz CT molecular complexity index is 411. The number of thioether (sulfide) groups is 1. The number of carbonyl (C=O) groups excluding carboxylic acids is 1. The van der Waals surface area contributed by atoms with E-state index in [4.69, 9.17) is 0 Å². The van der Waals surface area contributed by atoms with Crippen LogP contribution in [0.4, 0.5) is 5.13 Å². The number of hydrogen-bond donors (Lipinski definition) is 2. The van der Waals surface area contributed by atoms with Gasteiger partial charge < -0.3 is 5.11 Å². The van der Waals surface area contributed by atoms with E-state index in [0.29, 0.717) is 23.2 Å². The van der Waals surface area contributed by atoms with Gasteiger partial charge in [0.25, 0.3) is 5.91 Å². The van der Waals surface area contributed by atoms with Crippen LogP contribution in [0, 0.1) is 0 Å². The number of nitrogens with zero attached hydrogens (tertiary/aromatic N) is 1. The van der Waals surface area contributed by atoms with E-state index in [1.807, 2.05) is 5.38 Å². The quantitative estimate of drug-likeness (QED) is 0.884. The number of nitrogens with one attached hydrogen (secondary N) is 1. The summed E-state index contributed by atoms with van der Waals surface area (Å²) in [6.45, 7) is 4.11. The number of aliphatic hydroxyl groups is 1. The molecule has 17 heavy (non-hydrogen) atoms. The van der Waals surface area contributed by atoms with Gasteiger partial charge in [-0.25, -0.2) is 4.98 Å². The van der Waals surface area contributed by atoms with Gasteiger partial charge in [0.15, 0.2) is 10.7 Å². The first-order valence-corrected chi connectivity index (χ1v) is 7.62. The van der Waals surface area contributed by atoms with E-state index >= 15 is 0 Å². The van der Waals surface area contributed by atoms with E-state index in [0.717, 1.165) is 11.4 Å². The van der Waals surface area contributed by atoms with Crippen molar-refractivity contribution in [3.63, 3.8) is 0 Å². The van der Waals surface area contributed by atoms with Crippen LogP contribution in [0.1, 0.15) is 31.9 Å². The summed E-state index contributed by atoms with van der Waals surface area (Å²) >= 11 is 3.00. The van der Waals surface area contributed by atoms with Crippen molar-refractivity contribution < 1.29 is 9.90 Å². The molecule has 0 saturated carbocycles. The van der Waals surface area contributed by atoms with E-state index in [1.54, 1.807) is 11.8 Å². The molecule has 1 aliphatic heterocycles. The van der Waals surface area contributed by atoms with Gasteiger partial charge in [-0.05, 0) is 18.1 Å². The summed E-state index contributed by atoms with van der Waals surface area (Å²) in [7, 11) is 0. The lowest BCUT2D eigenvalue weighted by molar-refractivity contribution is -0.131. The molecule has 0 aliphatic carbocycles. The summed E-state index contributed by atoms with van der Waals surface area (Å²) in [5.74, 6) is 1.33. The van der Waals surface area contributed by atoms with Crippen molar-refractivity contribution in [1.29, 1.82) is 0 Å². The third kappa shape index (κ3) is 2.81. The number of aromatic nitrogens is 1. The van der Waals surface area contributed by atoms with Crippen LogP contribution in [-0.2, 0) is 4.79 Å². The first-order chi connectivity index (χ1) is 8.01. The summed E-state index contributed by atoms with van der Waals surface area (Å²) in [6.07, 6.45) is 0.520. The van der Waals surface area contributed by atoms with Crippen molar-refractivity contribution in [3.05, 3.63) is 11.1 Å². The lowest BCUT2D eigenvalue weighted by Crippen LogP contribution is -2.42. The van der Waals surface area contributed by atoms with Crippen LogP contribution in [0.5, 0.6) is 0 Å². The maximum absolute atomic E-state index is 11.9. The molecule has 1 aromatic heterocycles. The molecule has 1 aromatic rings. The first-order valence-electron chi connectivity index (χ1n) is 5.58. The summed E-state index contributed by atoms with van der Waals surface area (Å²) < 4.78 is 0. The van der Waals surface area contributed by atoms with Gasteiger partial charge in [-0.3, -0.25) is 10.1 Å². The lowest BCUT2D eigenvalue weighted by atomic mass is 10.0. The fourth-order valence-corrected chi connectivity index (χ4v) is 3.66. The molecule has 1 fully saturated rings. The zero-order chi connectivity index (χ0) is 12.5. The zero-order valence-corrected chi connectivity index (χ0v) is 11.5. The Morgan fingerprint density at radius 3 is 2.94 bits per heavy atom. The first kappa shape index (κ1) is 12.9. The Labute approximate surface area is 109 Å². The Kier molecular flexibility index (Phi) is 3.75. The van der Waals surface area contributed by atoms with Gasteiger partial charge in [0.1, 0.15) is 0 Å². The van der Waals surface area contributed by atoms with Crippen LogP contribution >= 0.6 is 23.1 Å². The second kappa shape index (κ2) is 4.96. The number of hydrogen-bond acceptors (Lipinski definition) is 5. The molecule has 2 rings (SSSR count). The van der Waals surface area contributed by atoms with Crippen molar-refractivity contribution in [3.8, 4) is 0 Å². The fraction of sp³-hybridized carbons (Fsp3) is 0.636. The topological polar surface area (TPSA) is 62.2 Å². The minimum Gasteiger partial charge on any atom is -0.379 e. The Balaban J connectivity index is 2.02. The molecule has 4 nitrogen and oxygen atoms in total. The van der Waals surface area contributed by atoms with Gasteiger partial charge in [0, 0.05) is 11.1 Å². The highest BCUT2D eigenvalue weighted by Crippen LogP contribution is 2.30. The molecular formula is C11H16N2O2S2. The normalized spacial score (nSPS) is 24.2. The van der Waals surface area contributed by atoms with Crippen LogP contribution in [0.25, 0.3) is 0 Å². The Morgan fingerprint density at radius 2 is 2.41 bits per heavy atom. The molecule has 1 amide bonds. The predicted molar refractivity (Wildman–Crippen MR) is 71.7 cm³/mol. The minimum atomic E-state index is -1.21. The third-order valence-corrected chi connectivity index (χ3v) is 4.71. The molecule has 1 aliphatic rings. The average Bonchev–Trinajstić information content (AvgIpc) is 2.88. The predicted octanol–water partition coefficient (Wildman–Crippen LogP) is 2.07. The zero-order valence-electron chi connectivity index (χ0n) is 9.90. The van der Waals surface area contributed by atoms with Gasteiger partial charge in [-0.2, -0.15) is 11.8 Å². The molecule has 1 unspecified atom stereocenters. The molecule has 0 radical (unpaired) electrons. The number of carbonyl (C=O) groups is 1. The molecule has 0 aromatic carbocycles. The molecule has 1 atom stereocenters. The summed E-state index contributed by atoms with van der Waals surface area (Å²) in [6, 6.07) is 0.